The van der Waals surface area contributed by atoms with Crippen molar-refractivity contribution < 1.29 is 33.6 Å². The standard InChI is InChI=1S/C37H61N3O7/c1-25-21-37(6,44-11)33(47-34-31(41)30(38(7)8)20-26(2)46-34)27(3)32(42)36(4,5)35(43)45-24-29(40(10)22-25)18-15-19-39(9)23-28-16-13-12-14-17-28/h12-18,25-27,29-31,33-34,41H,19-24H2,1-11H3/b18-15+/t25-,26-,27+,29-,30+,31-,33-,34+,37-/m1/s1. The average molecular weight is 660 g/mol. The van der Waals surface area contributed by atoms with E-state index in [-0.39, 0.29) is 36.5 Å². The SMILES string of the molecule is CO[C@]1(C)C[C@@H](C)CN(C)[C@H](/C=C/CN(C)Cc2ccccc2)COC(=O)C(C)(C)C(=O)[C@H](C)[C@H]1O[C@@H]1O[C@H](C)C[C@H](N(C)C)[C@H]1O. The maximum Gasteiger partial charge on any atom is 0.319 e. The molecular weight excluding hydrogens is 598 g/mol. The molecule has 1 aromatic rings. The van der Waals surface area contributed by atoms with E-state index in [9.17, 15) is 14.7 Å². The number of aliphatic hydroxyl groups is 1. The van der Waals surface area contributed by atoms with E-state index in [0.717, 1.165) is 13.1 Å². The molecule has 2 aliphatic heterocycles. The summed E-state index contributed by atoms with van der Waals surface area (Å²) in [4.78, 5) is 34.2. The van der Waals surface area contributed by atoms with E-state index in [1.165, 1.54) is 5.56 Å². The number of hydrogen-bond acceptors (Lipinski definition) is 10. The Kier molecular flexibility index (Phi) is 14.2. The summed E-state index contributed by atoms with van der Waals surface area (Å²) >= 11 is 0. The Balaban J connectivity index is 1.89. The van der Waals surface area contributed by atoms with E-state index >= 15 is 0 Å². The lowest BCUT2D eigenvalue weighted by Crippen LogP contribution is -2.59. The van der Waals surface area contributed by atoms with Crippen molar-refractivity contribution in [1.82, 2.24) is 14.7 Å². The number of benzene rings is 1. The van der Waals surface area contributed by atoms with Gasteiger partial charge in [0.1, 0.15) is 18.1 Å². The average Bonchev–Trinajstić information content (AvgIpc) is 3.01. The lowest BCUT2D eigenvalue weighted by molar-refractivity contribution is -0.295. The van der Waals surface area contributed by atoms with Gasteiger partial charge in [0.25, 0.3) is 0 Å². The van der Waals surface area contributed by atoms with Gasteiger partial charge in [-0.15, -0.1) is 0 Å². The maximum absolute atomic E-state index is 14.2. The van der Waals surface area contributed by atoms with Crippen LogP contribution in [0.25, 0.3) is 0 Å². The molecule has 0 amide bonds. The topological polar surface area (TPSA) is 101 Å². The fraction of sp³-hybridized carbons (Fsp3) is 0.730. The van der Waals surface area contributed by atoms with Crippen LogP contribution in [0.2, 0.25) is 0 Å². The molecule has 0 radical (unpaired) electrons. The minimum absolute atomic E-state index is 0.116. The predicted molar refractivity (Wildman–Crippen MR) is 184 cm³/mol. The number of ether oxygens (including phenoxy) is 4. The molecule has 1 N–H and O–H groups in total. The van der Waals surface area contributed by atoms with Crippen LogP contribution in [0.15, 0.2) is 42.5 Å². The highest BCUT2D eigenvalue weighted by Crippen LogP contribution is 2.38. The van der Waals surface area contributed by atoms with E-state index in [4.69, 9.17) is 18.9 Å². The molecule has 9 atom stereocenters. The molecule has 2 aliphatic rings. The lowest BCUT2D eigenvalue weighted by Gasteiger charge is -2.47. The first-order chi connectivity index (χ1) is 22.0. The molecule has 0 bridgehead atoms. The van der Waals surface area contributed by atoms with E-state index in [0.29, 0.717) is 19.4 Å². The summed E-state index contributed by atoms with van der Waals surface area (Å²) in [5.41, 5.74) is -1.14. The zero-order valence-corrected chi connectivity index (χ0v) is 30.6. The van der Waals surface area contributed by atoms with Crippen molar-refractivity contribution in [3.63, 3.8) is 0 Å². The monoisotopic (exact) mass is 659 g/mol. The smallest absolute Gasteiger partial charge is 0.319 e. The van der Waals surface area contributed by atoms with Gasteiger partial charge in [-0.25, -0.2) is 0 Å². The highest BCUT2D eigenvalue weighted by atomic mass is 16.7. The van der Waals surface area contributed by atoms with Crippen LogP contribution in [0.4, 0.5) is 0 Å². The van der Waals surface area contributed by atoms with Gasteiger partial charge < -0.3 is 29.0 Å². The van der Waals surface area contributed by atoms with Crippen molar-refractivity contribution in [1.29, 1.82) is 0 Å². The van der Waals surface area contributed by atoms with Gasteiger partial charge in [0.2, 0.25) is 0 Å². The normalized spacial score (nSPS) is 35.0. The quantitative estimate of drug-likeness (QED) is 0.238. The number of methoxy groups -OCH3 is 1. The predicted octanol–water partition coefficient (Wildman–Crippen LogP) is 4.01. The van der Waals surface area contributed by atoms with Crippen LogP contribution in [0, 0.1) is 17.3 Å². The van der Waals surface area contributed by atoms with Gasteiger partial charge >= 0.3 is 5.97 Å². The summed E-state index contributed by atoms with van der Waals surface area (Å²) in [7, 11) is 9.57. The molecule has 0 spiro atoms. The molecule has 0 unspecified atom stereocenters. The largest absolute Gasteiger partial charge is 0.463 e. The Morgan fingerprint density at radius 1 is 1.09 bits per heavy atom. The van der Waals surface area contributed by atoms with Crippen LogP contribution in [-0.2, 0) is 35.1 Å². The first-order valence-corrected chi connectivity index (χ1v) is 17.0. The third kappa shape index (κ3) is 10.2. The molecule has 0 aliphatic carbocycles. The summed E-state index contributed by atoms with van der Waals surface area (Å²) in [5.74, 6) is -1.55. The highest BCUT2D eigenvalue weighted by Gasteiger charge is 2.51. The number of ketones is 1. The number of Topliss-reactive ketones (excluding diaryl/α,β-unsaturated/α-hetero) is 1. The molecule has 47 heavy (non-hydrogen) atoms. The van der Waals surface area contributed by atoms with Crippen molar-refractivity contribution >= 4 is 11.8 Å². The number of cyclic esters (lactones) is 1. The second-order valence-corrected chi connectivity index (χ2v) is 14.9. The molecule has 0 saturated carbocycles. The lowest BCUT2D eigenvalue weighted by atomic mass is 9.74. The minimum atomic E-state index is -1.44. The van der Waals surface area contributed by atoms with Gasteiger partial charge in [-0.3, -0.25) is 19.4 Å². The third-order valence-corrected chi connectivity index (χ3v) is 9.99. The summed E-state index contributed by atoms with van der Waals surface area (Å²) < 4.78 is 24.9. The van der Waals surface area contributed by atoms with E-state index in [1.807, 2.05) is 58.1 Å². The Morgan fingerprint density at radius 3 is 2.36 bits per heavy atom. The van der Waals surface area contributed by atoms with Crippen molar-refractivity contribution in [2.75, 3.05) is 55.0 Å². The Hall–Kier alpha value is -2.18. The summed E-state index contributed by atoms with van der Waals surface area (Å²) in [5, 5.41) is 11.3. The number of likely N-dealkylation sites (N-methyl/N-ethyl adjacent to an activating group) is 3. The molecule has 2 fully saturated rings. The van der Waals surface area contributed by atoms with Gasteiger partial charge in [0, 0.05) is 38.7 Å². The number of esters is 1. The number of carbonyl (C=O) groups is 2. The summed E-state index contributed by atoms with van der Waals surface area (Å²) in [6.45, 7) is 13.4. The molecule has 1 aromatic carbocycles. The van der Waals surface area contributed by atoms with Gasteiger partial charge in [-0.05, 0) is 80.2 Å². The van der Waals surface area contributed by atoms with Crippen molar-refractivity contribution in [2.45, 2.75) is 103 Å². The van der Waals surface area contributed by atoms with E-state index < -0.39 is 41.4 Å². The fourth-order valence-corrected chi connectivity index (χ4v) is 7.12. The van der Waals surface area contributed by atoms with Crippen molar-refractivity contribution in [3.05, 3.63) is 48.0 Å². The molecule has 10 heteroatoms. The third-order valence-electron chi connectivity index (χ3n) is 9.99. The zero-order valence-electron chi connectivity index (χ0n) is 30.6. The summed E-state index contributed by atoms with van der Waals surface area (Å²) in [6, 6.07) is 9.96. The van der Waals surface area contributed by atoms with Crippen LogP contribution < -0.4 is 0 Å². The Morgan fingerprint density at radius 2 is 1.74 bits per heavy atom. The Labute approximate surface area is 283 Å². The van der Waals surface area contributed by atoms with Crippen LogP contribution in [0.1, 0.15) is 59.9 Å². The van der Waals surface area contributed by atoms with Crippen LogP contribution in [0.5, 0.6) is 0 Å². The molecule has 3 rings (SSSR count). The number of hydrogen-bond donors (Lipinski definition) is 1. The molecule has 0 aromatic heterocycles. The van der Waals surface area contributed by atoms with Crippen molar-refractivity contribution in [2.24, 2.45) is 17.3 Å². The molecule has 10 nitrogen and oxygen atoms in total. The summed E-state index contributed by atoms with van der Waals surface area (Å²) in [6.07, 6.45) is 2.53. The first kappa shape index (κ1) is 39.3. The van der Waals surface area contributed by atoms with E-state index in [1.54, 1.807) is 27.9 Å². The zero-order chi connectivity index (χ0) is 35.1. The van der Waals surface area contributed by atoms with Gasteiger partial charge in [-0.1, -0.05) is 56.3 Å². The number of aliphatic hydroxyl groups excluding tert-OH is 1. The van der Waals surface area contributed by atoms with Crippen LogP contribution in [0.3, 0.4) is 0 Å². The second-order valence-electron chi connectivity index (χ2n) is 14.9. The number of nitrogens with zero attached hydrogens (tertiary/aromatic N) is 3. The highest BCUT2D eigenvalue weighted by molar-refractivity contribution is 6.04. The van der Waals surface area contributed by atoms with Crippen LogP contribution >= 0.6 is 0 Å². The molecule has 266 valence electrons. The van der Waals surface area contributed by atoms with E-state index in [2.05, 4.69) is 48.1 Å². The Bertz CT molecular complexity index is 1180. The first-order valence-electron chi connectivity index (χ1n) is 17.0. The van der Waals surface area contributed by atoms with Crippen LogP contribution in [-0.4, -0.2) is 129 Å². The minimum Gasteiger partial charge on any atom is -0.463 e. The number of carbonyl (C=O) groups excluding carboxylic acids is 2. The van der Waals surface area contributed by atoms with Crippen molar-refractivity contribution in [3.8, 4) is 0 Å². The maximum atomic E-state index is 14.2. The molecule has 2 heterocycles. The van der Waals surface area contributed by atoms with Gasteiger partial charge in [0.15, 0.2) is 12.1 Å². The number of rotatable bonds is 9. The fourth-order valence-electron chi connectivity index (χ4n) is 7.12. The second kappa shape index (κ2) is 17.0. The van der Waals surface area contributed by atoms with Gasteiger partial charge in [-0.2, -0.15) is 0 Å². The molecular formula is C37H61N3O7. The van der Waals surface area contributed by atoms with Gasteiger partial charge in [0.05, 0.1) is 23.9 Å². The molecule has 2 saturated heterocycles.